The van der Waals surface area contributed by atoms with E-state index in [-0.39, 0.29) is 11.9 Å². The van der Waals surface area contributed by atoms with Crippen molar-refractivity contribution in [3.63, 3.8) is 0 Å². The lowest BCUT2D eigenvalue weighted by molar-refractivity contribution is 0.0708. The third kappa shape index (κ3) is 2.87. The number of H-pyrrole nitrogens is 1. The molecule has 1 fully saturated rings. The van der Waals surface area contributed by atoms with Gasteiger partial charge in [0.1, 0.15) is 0 Å². The lowest BCUT2D eigenvalue weighted by Crippen LogP contribution is -2.46. The molecule has 2 aromatic rings. The van der Waals surface area contributed by atoms with Crippen molar-refractivity contribution < 1.29 is 14.7 Å². The van der Waals surface area contributed by atoms with Gasteiger partial charge in [0.25, 0.3) is 5.91 Å². The zero-order valence-electron chi connectivity index (χ0n) is 11.8. The molecule has 1 saturated heterocycles. The summed E-state index contributed by atoms with van der Waals surface area (Å²) >= 11 is 5.94. The van der Waals surface area contributed by atoms with Crippen molar-refractivity contribution in [3.05, 3.63) is 35.0 Å². The van der Waals surface area contributed by atoms with Crippen LogP contribution in [0.4, 0.5) is 4.79 Å². The number of halogens is 1. The molecule has 6 nitrogen and oxygen atoms in total. The molecule has 0 atom stereocenters. The van der Waals surface area contributed by atoms with Gasteiger partial charge in [0.2, 0.25) is 0 Å². The molecule has 1 aromatic heterocycles. The summed E-state index contributed by atoms with van der Waals surface area (Å²) in [6.07, 6.45) is 1.95. The van der Waals surface area contributed by atoms with E-state index in [2.05, 4.69) is 10.3 Å². The first-order valence-electron chi connectivity index (χ1n) is 7.10. The number of carbonyl (C=O) groups is 2. The molecule has 0 spiro atoms. The Kier molecular flexibility index (Phi) is 3.94. The van der Waals surface area contributed by atoms with Crippen molar-refractivity contribution in [2.24, 2.45) is 0 Å². The SMILES string of the molecule is O=C(O)NC1CCN(C(=O)c2c[nH]c3cc(Cl)ccc23)CC1. The van der Waals surface area contributed by atoms with E-state index in [1.54, 1.807) is 23.2 Å². The van der Waals surface area contributed by atoms with Crippen LogP contribution in [-0.4, -0.2) is 46.1 Å². The predicted molar refractivity (Wildman–Crippen MR) is 83.4 cm³/mol. The molecule has 2 amide bonds. The predicted octanol–water partition coefficient (Wildman–Crippen LogP) is 2.69. The Morgan fingerprint density at radius 2 is 2.05 bits per heavy atom. The summed E-state index contributed by atoms with van der Waals surface area (Å²) in [5.74, 6) is -0.0395. The lowest BCUT2D eigenvalue weighted by Gasteiger charge is -2.31. The number of carboxylic acid groups (broad SMARTS) is 1. The maximum Gasteiger partial charge on any atom is 0.404 e. The molecular weight excluding hydrogens is 306 g/mol. The maximum absolute atomic E-state index is 12.6. The molecule has 0 aliphatic carbocycles. The van der Waals surface area contributed by atoms with E-state index in [1.165, 1.54) is 0 Å². The van der Waals surface area contributed by atoms with Crippen LogP contribution in [-0.2, 0) is 0 Å². The second-order valence-corrected chi connectivity index (χ2v) is 5.84. The normalized spacial score (nSPS) is 16.0. The monoisotopic (exact) mass is 321 g/mol. The van der Waals surface area contributed by atoms with Crippen LogP contribution in [0.2, 0.25) is 5.02 Å². The third-order valence-corrected chi connectivity index (χ3v) is 4.22. The highest BCUT2D eigenvalue weighted by atomic mass is 35.5. The van der Waals surface area contributed by atoms with E-state index < -0.39 is 6.09 Å². The lowest BCUT2D eigenvalue weighted by atomic mass is 10.0. The van der Waals surface area contributed by atoms with Gasteiger partial charge in [0.05, 0.1) is 5.56 Å². The van der Waals surface area contributed by atoms with Crippen molar-refractivity contribution in [1.29, 1.82) is 0 Å². The molecular formula is C15H16ClN3O3. The summed E-state index contributed by atoms with van der Waals surface area (Å²) in [6, 6.07) is 5.30. The van der Waals surface area contributed by atoms with Crippen molar-refractivity contribution in [2.75, 3.05) is 13.1 Å². The van der Waals surface area contributed by atoms with E-state index in [4.69, 9.17) is 16.7 Å². The van der Waals surface area contributed by atoms with E-state index in [9.17, 15) is 9.59 Å². The van der Waals surface area contributed by atoms with E-state index in [1.807, 2.05) is 6.07 Å². The van der Waals surface area contributed by atoms with Crippen LogP contribution in [0.15, 0.2) is 24.4 Å². The van der Waals surface area contributed by atoms with Crippen LogP contribution in [0.25, 0.3) is 10.9 Å². The van der Waals surface area contributed by atoms with Gasteiger partial charge in [-0.15, -0.1) is 0 Å². The number of fused-ring (bicyclic) bond motifs is 1. The summed E-state index contributed by atoms with van der Waals surface area (Å²) in [5.41, 5.74) is 1.45. The smallest absolute Gasteiger partial charge is 0.404 e. The Hall–Kier alpha value is -2.21. The number of aromatic nitrogens is 1. The molecule has 2 heterocycles. The van der Waals surface area contributed by atoms with Gasteiger partial charge in [0, 0.05) is 41.3 Å². The van der Waals surface area contributed by atoms with Crippen LogP contribution >= 0.6 is 11.6 Å². The van der Waals surface area contributed by atoms with Crippen molar-refractivity contribution in [1.82, 2.24) is 15.2 Å². The Bertz CT molecular complexity index is 720. The number of nitrogens with one attached hydrogen (secondary N) is 2. The number of benzene rings is 1. The molecule has 1 aromatic carbocycles. The molecule has 22 heavy (non-hydrogen) atoms. The van der Waals surface area contributed by atoms with Crippen LogP contribution in [0, 0.1) is 0 Å². The number of aromatic amines is 1. The highest BCUT2D eigenvalue weighted by Crippen LogP contribution is 2.24. The summed E-state index contributed by atoms with van der Waals surface area (Å²) in [5, 5.41) is 12.7. The number of likely N-dealkylation sites (tertiary alicyclic amines) is 1. The Morgan fingerprint density at radius 1 is 1.32 bits per heavy atom. The molecule has 0 saturated carbocycles. The number of rotatable bonds is 2. The van der Waals surface area contributed by atoms with Crippen molar-refractivity contribution in [2.45, 2.75) is 18.9 Å². The molecule has 116 valence electrons. The molecule has 7 heteroatoms. The average Bonchev–Trinajstić information content (AvgIpc) is 2.89. The second kappa shape index (κ2) is 5.88. The first-order valence-corrected chi connectivity index (χ1v) is 7.48. The minimum Gasteiger partial charge on any atom is -0.465 e. The molecule has 3 N–H and O–H groups in total. The van der Waals surface area contributed by atoms with Gasteiger partial charge in [-0.3, -0.25) is 4.79 Å². The quantitative estimate of drug-likeness (QED) is 0.795. The van der Waals surface area contributed by atoms with Gasteiger partial charge in [-0.1, -0.05) is 17.7 Å². The zero-order valence-corrected chi connectivity index (χ0v) is 12.6. The summed E-state index contributed by atoms with van der Waals surface area (Å²) < 4.78 is 0. The van der Waals surface area contributed by atoms with E-state index in [0.29, 0.717) is 36.5 Å². The Balaban J connectivity index is 1.73. The average molecular weight is 322 g/mol. The summed E-state index contributed by atoms with van der Waals surface area (Å²) in [6.45, 7) is 1.09. The van der Waals surface area contributed by atoms with Crippen LogP contribution in [0.3, 0.4) is 0 Å². The first-order chi connectivity index (χ1) is 10.5. The summed E-state index contributed by atoms with van der Waals surface area (Å²) in [4.78, 5) is 28.1. The fourth-order valence-electron chi connectivity index (χ4n) is 2.85. The maximum atomic E-state index is 12.6. The molecule has 3 rings (SSSR count). The first kappa shape index (κ1) is 14.7. The van der Waals surface area contributed by atoms with Gasteiger partial charge in [-0.05, 0) is 25.0 Å². The van der Waals surface area contributed by atoms with Crippen molar-refractivity contribution in [3.8, 4) is 0 Å². The molecule has 0 unspecified atom stereocenters. The Morgan fingerprint density at radius 3 is 2.73 bits per heavy atom. The van der Waals surface area contributed by atoms with Gasteiger partial charge >= 0.3 is 6.09 Å². The number of nitrogens with zero attached hydrogens (tertiary/aromatic N) is 1. The van der Waals surface area contributed by atoms with Gasteiger partial charge in [-0.2, -0.15) is 0 Å². The highest BCUT2D eigenvalue weighted by molar-refractivity contribution is 6.31. The number of amides is 2. The fraction of sp³-hybridized carbons (Fsp3) is 0.333. The van der Waals surface area contributed by atoms with Crippen LogP contribution in [0.5, 0.6) is 0 Å². The second-order valence-electron chi connectivity index (χ2n) is 5.41. The standard InChI is InChI=1S/C15H16ClN3O3/c16-9-1-2-11-12(8-17-13(11)7-9)14(20)19-5-3-10(4-6-19)18-15(21)22/h1-2,7-8,10,17-18H,3-6H2,(H,21,22). The molecule has 1 aliphatic rings. The Labute approximate surface area is 132 Å². The van der Waals surface area contributed by atoms with Crippen LogP contribution < -0.4 is 5.32 Å². The van der Waals surface area contributed by atoms with E-state index >= 15 is 0 Å². The molecule has 0 bridgehead atoms. The summed E-state index contributed by atoms with van der Waals surface area (Å²) in [7, 11) is 0. The number of carbonyl (C=O) groups excluding carboxylic acids is 1. The minimum atomic E-state index is -1.02. The van der Waals surface area contributed by atoms with Crippen LogP contribution in [0.1, 0.15) is 23.2 Å². The third-order valence-electron chi connectivity index (χ3n) is 3.98. The number of hydrogen-bond acceptors (Lipinski definition) is 2. The minimum absolute atomic E-state index is 0.0395. The topological polar surface area (TPSA) is 85.4 Å². The van der Waals surface area contributed by atoms with E-state index in [0.717, 1.165) is 10.9 Å². The number of piperidine rings is 1. The van der Waals surface area contributed by atoms with Gasteiger partial charge < -0.3 is 20.3 Å². The number of hydrogen-bond donors (Lipinski definition) is 3. The van der Waals surface area contributed by atoms with Gasteiger partial charge in [0.15, 0.2) is 0 Å². The largest absolute Gasteiger partial charge is 0.465 e. The van der Waals surface area contributed by atoms with Crippen molar-refractivity contribution >= 4 is 34.5 Å². The molecule has 0 radical (unpaired) electrons. The highest BCUT2D eigenvalue weighted by Gasteiger charge is 2.25. The van der Waals surface area contributed by atoms with Gasteiger partial charge in [-0.25, -0.2) is 4.79 Å². The zero-order chi connectivity index (χ0) is 15.7. The molecule has 1 aliphatic heterocycles. The fourth-order valence-corrected chi connectivity index (χ4v) is 3.02.